The van der Waals surface area contributed by atoms with Crippen molar-refractivity contribution >= 4 is 6.03 Å². The van der Waals surface area contributed by atoms with Gasteiger partial charge in [0, 0.05) is 32.2 Å². The second-order valence-corrected chi connectivity index (χ2v) is 6.77. The van der Waals surface area contributed by atoms with E-state index in [1.54, 1.807) is 0 Å². The maximum atomic E-state index is 12.3. The third-order valence-electron chi connectivity index (χ3n) is 4.67. The summed E-state index contributed by atoms with van der Waals surface area (Å²) >= 11 is 0. The summed E-state index contributed by atoms with van der Waals surface area (Å²) in [5.74, 6) is 0. The van der Waals surface area contributed by atoms with Gasteiger partial charge in [-0.25, -0.2) is 4.79 Å². The van der Waals surface area contributed by atoms with Crippen molar-refractivity contribution in [3.05, 3.63) is 0 Å². The minimum Gasteiger partial charge on any atom is -0.335 e. The van der Waals surface area contributed by atoms with E-state index in [9.17, 15) is 4.79 Å². The largest absolute Gasteiger partial charge is 0.335 e. The molecule has 0 atom stereocenters. The van der Waals surface area contributed by atoms with Crippen LogP contribution in [-0.2, 0) is 0 Å². The van der Waals surface area contributed by atoms with E-state index in [1.165, 1.54) is 25.7 Å². The number of carbonyl (C=O) groups is 1. The highest BCUT2D eigenvalue weighted by Crippen LogP contribution is 2.17. The van der Waals surface area contributed by atoms with Crippen molar-refractivity contribution in [2.45, 2.75) is 44.6 Å². The Morgan fingerprint density at radius 3 is 2.38 bits per heavy atom. The molecule has 0 aromatic heterocycles. The van der Waals surface area contributed by atoms with Gasteiger partial charge in [-0.2, -0.15) is 0 Å². The van der Waals surface area contributed by atoms with Crippen molar-refractivity contribution < 1.29 is 4.79 Å². The number of nitrogens with one attached hydrogen (secondary N) is 1. The molecular weight excluding hydrogens is 264 g/mol. The Balaban J connectivity index is 1.62. The van der Waals surface area contributed by atoms with Gasteiger partial charge in [-0.05, 0) is 46.4 Å². The van der Waals surface area contributed by atoms with Crippen LogP contribution in [0.25, 0.3) is 0 Å². The second-order valence-electron chi connectivity index (χ2n) is 6.77. The lowest BCUT2D eigenvalue weighted by molar-refractivity contribution is 0.133. The summed E-state index contributed by atoms with van der Waals surface area (Å²) in [5.41, 5.74) is 0. The highest BCUT2D eigenvalue weighted by Gasteiger charge is 2.23. The quantitative estimate of drug-likeness (QED) is 0.837. The molecule has 2 amide bonds. The fourth-order valence-corrected chi connectivity index (χ4v) is 3.30. The standard InChI is InChI=1S/C16H32N4O/c1-18(2)9-6-10-19-11-13-20(14-12-19)16(21)17-15-7-4-3-5-8-15/h15H,3-14H2,1-2H3,(H,17,21). The van der Waals surface area contributed by atoms with Crippen LogP contribution >= 0.6 is 0 Å². The van der Waals surface area contributed by atoms with E-state index < -0.39 is 0 Å². The van der Waals surface area contributed by atoms with Crippen molar-refractivity contribution in [3.8, 4) is 0 Å². The number of urea groups is 1. The average molecular weight is 296 g/mol. The van der Waals surface area contributed by atoms with E-state index in [0.29, 0.717) is 6.04 Å². The number of hydrogen-bond acceptors (Lipinski definition) is 3. The van der Waals surface area contributed by atoms with Crippen LogP contribution in [0.5, 0.6) is 0 Å². The van der Waals surface area contributed by atoms with Gasteiger partial charge in [0.05, 0.1) is 0 Å². The van der Waals surface area contributed by atoms with E-state index in [-0.39, 0.29) is 6.03 Å². The molecule has 1 heterocycles. The lowest BCUT2D eigenvalue weighted by atomic mass is 9.96. The van der Waals surface area contributed by atoms with E-state index >= 15 is 0 Å². The topological polar surface area (TPSA) is 38.8 Å². The van der Waals surface area contributed by atoms with Crippen LogP contribution in [0.3, 0.4) is 0 Å². The number of piperazine rings is 1. The first-order valence-corrected chi connectivity index (χ1v) is 8.57. The summed E-state index contributed by atoms with van der Waals surface area (Å²) in [4.78, 5) is 19.0. The normalized spacial score (nSPS) is 21.8. The summed E-state index contributed by atoms with van der Waals surface area (Å²) in [6, 6.07) is 0.583. The predicted octanol–water partition coefficient (Wildman–Crippen LogP) is 1.60. The molecule has 2 fully saturated rings. The van der Waals surface area contributed by atoms with Crippen molar-refractivity contribution in [1.29, 1.82) is 0 Å². The molecule has 1 N–H and O–H groups in total. The summed E-state index contributed by atoms with van der Waals surface area (Å²) in [7, 11) is 4.24. The third-order valence-corrected chi connectivity index (χ3v) is 4.67. The van der Waals surface area contributed by atoms with Crippen molar-refractivity contribution in [3.63, 3.8) is 0 Å². The molecule has 0 aromatic rings. The molecule has 122 valence electrons. The SMILES string of the molecule is CN(C)CCCN1CCN(C(=O)NC2CCCCC2)CC1. The van der Waals surface area contributed by atoms with Crippen LogP contribution in [-0.4, -0.2) is 80.1 Å². The monoisotopic (exact) mass is 296 g/mol. The highest BCUT2D eigenvalue weighted by atomic mass is 16.2. The zero-order chi connectivity index (χ0) is 15.1. The molecule has 2 rings (SSSR count). The summed E-state index contributed by atoms with van der Waals surface area (Å²) in [5, 5.41) is 3.22. The minimum absolute atomic E-state index is 0.162. The van der Waals surface area contributed by atoms with Crippen molar-refractivity contribution in [2.24, 2.45) is 0 Å². The van der Waals surface area contributed by atoms with Gasteiger partial charge in [0.2, 0.25) is 0 Å². The first-order chi connectivity index (χ1) is 10.1. The van der Waals surface area contributed by atoms with Crippen LogP contribution in [0.4, 0.5) is 4.79 Å². The van der Waals surface area contributed by atoms with Crippen LogP contribution in [0, 0.1) is 0 Å². The lowest BCUT2D eigenvalue weighted by Gasteiger charge is -2.36. The fraction of sp³-hybridized carbons (Fsp3) is 0.938. The summed E-state index contributed by atoms with van der Waals surface area (Å²) in [6.07, 6.45) is 7.40. The maximum absolute atomic E-state index is 12.3. The predicted molar refractivity (Wildman–Crippen MR) is 86.6 cm³/mol. The Kier molecular flexibility index (Phi) is 6.77. The molecule has 1 aliphatic heterocycles. The van der Waals surface area contributed by atoms with Gasteiger partial charge in [0.25, 0.3) is 0 Å². The Hall–Kier alpha value is -0.810. The van der Waals surface area contributed by atoms with Gasteiger partial charge in [-0.3, -0.25) is 4.90 Å². The Morgan fingerprint density at radius 2 is 1.76 bits per heavy atom. The number of hydrogen-bond donors (Lipinski definition) is 1. The molecular formula is C16H32N4O. The zero-order valence-corrected chi connectivity index (χ0v) is 13.8. The minimum atomic E-state index is 0.162. The summed E-state index contributed by atoms with van der Waals surface area (Å²) in [6.45, 7) is 6.08. The van der Waals surface area contributed by atoms with E-state index in [1.807, 2.05) is 4.90 Å². The average Bonchev–Trinajstić information content (AvgIpc) is 2.48. The van der Waals surface area contributed by atoms with E-state index in [4.69, 9.17) is 0 Å². The molecule has 0 bridgehead atoms. The first-order valence-electron chi connectivity index (χ1n) is 8.57. The Morgan fingerprint density at radius 1 is 1.10 bits per heavy atom. The molecule has 0 unspecified atom stereocenters. The van der Waals surface area contributed by atoms with Gasteiger partial charge < -0.3 is 15.1 Å². The van der Waals surface area contributed by atoms with Crippen LogP contribution in [0.1, 0.15) is 38.5 Å². The number of rotatable bonds is 5. The van der Waals surface area contributed by atoms with Crippen LogP contribution in [0.2, 0.25) is 0 Å². The van der Waals surface area contributed by atoms with E-state index in [2.05, 4.69) is 29.2 Å². The molecule has 1 aliphatic carbocycles. The molecule has 0 radical (unpaired) electrons. The molecule has 0 aromatic carbocycles. The lowest BCUT2D eigenvalue weighted by Crippen LogP contribution is -2.53. The summed E-state index contributed by atoms with van der Waals surface area (Å²) < 4.78 is 0. The first kappa shape index (κ1) is 16.6. The fourth-order valence-electron chi connectivity index (χ4n) is 3.30. The van der Waals surface area contributed by atoms with Crippen LogP contribution < -0.4 is 5.32 Å². The zero-order valence-electron chi connectivity index (χ0n) is 13.8. The molecule has 1 saturated carbocycles. The Bertz CT molecular complexity index is 307. The van der Waals surface area contributed by atoms with Gasteiger partial charge in [0.15, 0.2) is 0 Å². The molecule has 21 heavy (non-hydrogen) atoms. The van der Waals surface area contributed by atoms with E-state index in [0.717, 1.165) is 52.1 Å². The highest BCUT2D eigenvalue weighted by molar-refractivity contribution is 5.74. The Labute approximate surface area is 129 Å². The molecule has 5 nitrogen and oxygen atoms in total. The van der Waals surface area contributed by atoms with Gasteiger partial charge in [-0.1, -0.05) is 19.3 Å². The van der Waals surface area contributed by atoms with Gasteiger partial charge >= 0.3 is 6.03 Å². The molecule has 5 heteroatoms. The second kappa shape index (κ2) is 8.59. The molecule has 0 spiro atoms. The number of carbonyl (C=O) groups excluding carboxylic acids is 1. The number of nitrogens with zero attached hydrogens (tertiary/aromatic N) is 3. The smallest absolute Gasteiger partial charge is 0.317 e. The van der Waals surface area contributed by atoms with Crippen molar-refractivity contribution in [2.75, 3.05) is 53.4 Å². The van der Waals surface area contributed by atoms with Gasteiger partial charge in [-0.15, -0.1) is 0 Å². The van der Waals surface area contributed by atoms with Crippen LogP contribution in [0.15, 0.2) is 0 Å². The third kappa shape index (κ3) is 5.83. The van der Waals surface area contributed by atoms with Gasteiger partial charge in [0.1, 0.15) is 0 Å². The number of amides is 2. The maximum Gasteiger partial charge on any atom is 0.317 e. The van der Waals surface area contributed by atoms with Crippen molar-refractivity contribution in [1.82, 2.24) is 20.0 Å². The molecule has 2 aliphatic rings. The molecule has 1 saturated heterocycles.